The molecule has 0 fully saturated rings. The molecule has 6 nitrogen and oxygen atoms in total. The first kappa shape index (κ1) is 23.9. The average Bonchev–Trinajstić information content (AvgIpc) is 2.91. The van der Waals surface area contributed by atoms with Crippen molar-refractivity contribution >= 4 is 39.7 Å². The van der Waals surface area contributed by atoms with Crippen molar-refractivity contribution in [3.8, 4) is 23.0 Å². The van der Waals surface area contributed by atoms with Crippen LogP contribution in [-0.4, -0.2) is 27.3 Å². The highest BCUT2D eigenvalue weighted by Crippen LogP contribution is 2.35. The van der Waals surface area contributed by atoms with Crippen LogP contribution < -0.4 is 9.64 Å². The number of phenolic OH excluding ortho intramolecular Hbond substituents is 1. The number of nitrogens with zero attached hydrogens (tertiary/aromatic N) is 4. The number of aromatic nitrogens is 3. The van der Waals surface area contributed by atoms with Crippen LogP contribution in [0.1, 0.15) is 11.1 Å². The average molecular weight is 517 g/mol. The lowest BCUT2D eigenvalue weighted by Crippen LogP contribution is -2.16. The fourth-order valence-electron chi connectivity index (χ4n) is 3.97. The van der Waals surface area contributed by atoms with Gasteiger partial charge >= 0.3 is 6.01 Å². The maximum atomic E-state index is 9.71. The molecule has 180 valence electrons. The number of hydrogen-bond acceptors (Lipinski definition) is 6. The van der Waals surface area contributed by atoms with E-state index in [1.165, 1.54) is 28.2 Å². The number of phenols is 1. The zero-order chi connectivity index (χ0) is 25.1. The van der Waals surface area contributed by atoms with Gasteiger partial charge < -0.3 is 14.7 Å². The minimum absolute atomic E-state index is 0.131. The maximum Gasteiger partial charge on any atom is 0.336 e. The Morgan fingerprint density at radius 1 is 0.861 bits per heavy atom. The summed E-state index contributed by atoms with van der Waals surface area (Å²) >= 11 is 12.0. The zero-order valence-electron chi connectivity index (χ0n) is 19.4. The second-order valence-corrected chi connectivity index (χ2v) is 9.19. The lowest BCUT2D eigenvalue weighted by molar-refractivity contribution is 0.276. The van der Waals surface area contributed by atoms with Crippen molar-refractivity contribution in [3.05, 3.63) is 106 Å². The van der Waals surface area contributed by atoms with Crippen LogP contribution >= 0.6 is 23.2 Å². The third kappa shape index (κ3) is 5.20. The lowest BCUT2D eigenvalue weighted by atomic mass is 10.1. The number of fused-ring (bicyclic) bond motifs is 1. The topological polar surface area (TPSA) is 71.4 Å². The van der Waals surface area contributed by atoms with Crippen molar-refractivity contribution in [1.29, 1.82) is 0 Å². The van der Waals surface area contributed by atoms with Crippen LogP contribution in [0.15, 0.2) is 85.1 Å². The van der Waals surface area contributed by atoms with E-state index in [0.29, 0.717) is 17.9 Å². The molecule has 0 bridgehead atoms. The summed E-state index contributed by atoms with van der Waals surface area (Å²) in [6.45, 7) is 1.10. The highest BCUT2D eigenvalue weighted by molar-refractivity contribution is 6.37. The smallest absolute Gasteiger partial charge is 0.336 e. The molecule has 0 aliphatic rings. The maximum absolute atomic E-state index is 9.71. The van der Waals surface area contributed by atoms with Crippen molar-refractivity contribution in [2.24, 2.45) is 0 Å². The van der Waals surface area contributed by atoms with E-state index in [1.54, 1.807) is 12.1 Å². The van der Waals surface area contributed by atoms with Crippen LogP contribution in [0.5, 0.6) is 11.8 Å². The standard InChI is InChI=1S/C28H22Cl2N4O2/c1-34(26-8-4-6-20-5-2-3-7-22(20)26)16-18-9-11-19(12-10-18)17-36-28-31-15-25(32-33-28)21-13-23(29)27(35)24(30)14-21/h2-15,35H,16-17H2,1H3. The van der Waals surface area contributed by atoms with Gasteiger partial charge in [-0.15, -0.1) is 5.10 Å². The monoisotopic (exact) mass is 516 g/mol. The van der Waals surface area contributed by atoms with E-state index in [0.717, 1.165) is 12.1 Å². The largest absolute Gasteiger partial charge is 0.505 e. The first-order valence-corrected chi connectivity index (χ1v) is 12.0. The molecule has 4 aromatic carbocycles. The fourth-order valence-corrected chi connectivity index (χ4v) is 4.45. The van der Waals surface area contributed by atoms with Gasteiger partial charge in [-0.1, -0.05) is 89.0 Å². The molecule has 36 heavy (non-hydrogen) atoms. The number of ether oxygens (including phenoxy) is 1. The highest BCUT2D eigenvalue weighted by Gasteiger charge is 2.11. The Kier molecular flexibility index (Phi) is 6.89. The Labute approximate surface area is 218 Å². The van der Waals surface area contributed by atoms with Crippen LogP contribution in [0.4, 0.5) is 5.69 Å². The second kappa shape index (κ2) is 10.4. The molecule has 0 amide bonds. The number of hydrogen-bond donors (Lipinski definition) is 1. The van der Waals surface area contributed by atoms with Crippen LogP contribution in [0.25, 0.3) is 22.0 Å². The number of benzene rings is 4. The molecule has 0 aliphatic carbocycles. The molecule has 0 aliphatic heterocycles. The Balaban J connectivity index is 1.20. The van der Waals surface area contributed by atoms with E-state index < -0.39 is 0 Å². The Hall–Kier alpha value is -3.87. The summed E-state index contributed by atoms with van der Waals surface area (Å²) < 4.78 is 5.70. The minimum Gasteiger partial charge on any atom is -0.505 e. The van der Waals surface area contributed by atoms with E-state index in [9.17, 15) is 5.11 Å². The highest BCUT2D eigenvalue weighted by atomic mass is 35.5. The summed E-state index contributed by atoms with van der Waals surface area (Å²) in [5, 5.41) is 20.6. The van der Waals surface area contributed by atoms with Gasteiger partial charge in [-0.05, 0) is 34.7 Å². The molecule has 0 saturated carbocycles. The Morgan fingerprint density at radius 3 is 2.28 bits per heavy atom. The lowest BCUT2D eigenvalue weighted by Gasteiger charge is -2.21. The van der Waals surface area contributed by atoms with E-state index in [2.05, 4.69) is 81.7 Å². The predicted octanol–water partition coefficient (Wildman–Crippen LogP) is 6.92. The summed E-state index contributed by atoms with van der Waals surface area (Å²) in [5.74, 6) is -0.172. The first-order valence-electron chi connectivity index (χ1n) is 11.3. The summed E-state index contributed by atoms with van der Waals surface area (Å²) in [6, 6.07) is 26.3. The second-order valence-electron chi connectivity index (χ2n) is 8.37. The van der Waals surface area contributed by atoms with Crippen molar-refractivity contribution < 1.29 is 9.84 Å². The van der Waals surface area contributed by atoms with Gasteiger partial charge in [-0.25, -0.2) is 4.98 Å². The normalized spacial score (nSPS) is 11.0. The van der Waals surface area contributed by atoms with Gasteiger partial charge in [0.05, 0.1) is 16.2 Å². The van der Waals surface area contributed by atoms with Crippen LogP contribution in [-0.2, 0) is 13.2 Å². The van der Waals surface area contributed by atoms with Gasteiger partial charge in [0.1, 0.15) is 12.3 Å². The third-order valence-electron chi connectivity index (χ3n) is 5.84. The molecule has 0 atom stereocenters. The molecular weight excluding hydrogens is 495 g/mol. The van der Waals surface area contributed by atoms with Crippen LogP contribution in [0.2, 0.25) is 10.0 Å². The van der Waals surface area contributed by atoms with Crippen LogP contribution in [0, 0.1) is 0 Å². The summed E-state index contributed by atoms with van der Waals surface area (Å²) in [4.78, 5) is 6.47. The molecule has 0 saturated heterocycles. The van der Waals surface area contributed by atoms with Crippen molar-refractivity contribution in [1.82, 2.24) is 15.2 Å². The molecule has 5 aromatic rings. The number of aromatic hydroxyl groups is 1. The zero-order valence-corrected chi connectivity index (χ0v) is 20.9. The molecule has 0 spiro atoms. The van der Waals surface area contributed by atoms with Gasteiger partial charge in [0.15, 0.2) is 5.75 Å². The van der Waals surface area contributed by atoms with E-state index >= 15 is 0 Å². The van der Waals surface area contributed by atoms with Crippen LogP contribution in [0.3, 0.4) is 0 Å². The quantitative estimate of drug-likeness (QED) is 0.253. The summed E-state index contributed by atoms with van der Waals surface area (Å²) in [6.07, 6.45) is 1.52. The molecule has 8 heteroatoms. The number of anilines is 1. The minimum atomic E-state index is -0.172. The molecule has 5 rings (SSSR count). The van der Waals surface area contributed by atoms with E-state index in [-0.39, 0.29) is 21.8 Å². The predicted molar refractivity (Wildman–Crippen MR) is 144 cm³/mol. The van der Waals surface area contributed by atoms with Gasteiger partial charge in [0.25, 0.3) is 0 Å². The molecule has 0 radical (unpaired) electrons. The molecular formula is C28H22Cl2N4O2. The SMILES string of the molecule is CN(Cc1ccc(COc2ncc(-c3cc(Cl)c(O)c(Cl)c3)nn2)cc1)c1cccc2ccccc12. The van der Waals surface area contributed by atoms with Crippen molar-refractivity contribution in [2.75, 3.05) is 11.9 Å². The Bertz CT molecular complexity index is 1480. The van der Waals surface area contributed by atoms with E-state index in [1.807, 2.05) is 12.1 Å². The first-order chi connectivity index (χ1) is 17.5. The Morgan fingerprint density at radius 2 is 1.56 bits per heavy atom. The van der Waals surface area contributed by atoms with Gasteiger partial charge in [-0.2, -0.15) is 0 Å². The third-order valence-corrected chi connectivity index (χ3v) is 6.42. The molecule has 0 unspecified atom stereocenters. The molecule has 1 aromatic heterocycles. The summed E-state index contributed by atoms with van der Waals surface area (Å²) in [5.41, 5.74) is 4.45. The van der Waals surface area contributed by atoms with Gasteiger partial charge in [0.2, 0.25) is 0 Å². The van der Waals surface area contributed by atoms with E-state index in [4.69, 9.17) is 27.9 Å². The van der Waals surface area contributed by atoms with Crippen molar-refractivity contribution in [2.45, 2.75) is 13.2 Å². The molecule has 1 heterocycles. The fraction of sp³-hybridized carbons (Fsp3) is 0.107. The number of halogens is 2. The summed E-state index contributed by atoms with van der Waals surface area (Å²) in [7, 11) is 2.10. The van der Waals surface area contributed by atoms with Gasteiger partial charge in [-0.3, -0.25) is 0 Å². The van der Waals surface area contributed by atoms with Gasteiger partial charge in [0, 0.05) is 30.2 Å². The molecule has 1 N–H and O–H groups in total. The van der Waals surface area contributed by atoms with Crippen molar-refractivity contribution in [3.63, 3.8) is 0 Å². The number of rotatable bonds is 7.